The van der Waals surface area contributed by atoms with Crippen molar-refractivity contribution in [3.8, 4) is 6.07 Å². The minimum atomic E-state index is 0.655. The molecule has 0 N–H and O–H groups in total. The van der Waals surface area contributed by atoms with Gasteiger partial charge in [-0.25, -0.2) is 0 Å². The first kappa shape index (κ1) is 11.1. The van der Waals surface area contributed by atoms with Gasteiger partial charge in [0.2, 0.25) is 0 Å². The number of benzene rings is 1. The van der Waals surface area contributed by atoms with Gasteiger partial charge in [-0.15, -0.1) is 12.6 Å². The van der Waals surface area contributed by atoms with Gasteiger partial charge in [0, 0.05) is 4.90 Å². The first-order valence-electron chi connectivity index (χ1n) is 3.93. The van der Waals surface area contributed by atoms with Crippen molar-refractivity contribution in [2.24, 2.45) is 0 Å². The summed E-state index contributed by atoms with van der Waals surface area (Å²) in [5, 5.41) is 8.38. The Morgan fingerprint density at radius 2 is 2.00 bits per heavy atom. The molecule has 0 radical (unpaired) electrons. The van der Waals surface area contributed by atoms with E-state index in [2.05, 4.69) is 26.5 Å². The quantitative estimate of drug-likeness (QED) is 0.607. The molecule has 0 saturated heterocycles. The lowest BCUT2D eigenvalue weighted by Crippen LogP contribution is -1.70. The van der Waals surface area contributed by atoms with Crippen molar-refractivity contribution < 1.29 is 0 Å². The summed E-state index contributed by atoms with van der Waals surface area (Å²) in [6, 6.07) is 9.14. The van der Waals surface area contributed by atoms with Crippen molar-refractivity contribution >= 4 is 12.6 Å². The van der Waals surface area contributed by atoms with Gasteiger partial charge in [0.15, 0.2) is 0 Å². The molecule has 0 amide bonds. The van der Waals surface area contributed by atoms with Gasteiger partial charge in [-0.1, -0.05) is 26.3 Å². The second-order valence-electron chi connectivity index (χ2n) is 2.37. The van der Waals surface area contributed by atoms with Crippen LogP contribution in [0.1, 0.15) is 25.8 Å². The molecule has 1 aromatic carbocycles. The average Bonchev–Trinajstić information content (AvgIpc) is 2.06. The summed E-state index contributed by atoms with van der Waals surface area (Å²) in [6.45, 7) is 4.25. The molecule has 64 valence electrons. The average molecular weight is 179 g/mol. The molecule has 0 fully saturated rings. The molecule has 0 unspecified atom stereocenters. The number of rotatable bonds is 0. The smallest absolute Gasteiger partial charge is 0.0992 e. The molecule has 0 bridgehead atoms. The normalized spacial score (nSPS) is 7.83. The van der Waals surface area contributed by atoms with Gasteiger partial charge in [0.1, 0.15) is 0 Å². The molecule has 0 saturated carbocycles. The molecule has 0 aliphatic carbocycles. The highest BCUT2D eigenvalue weighted by atomic mass is 32.1. The largest absolute Gasteiger partial charge is 0.192 e. The number of nitrogens with zero attached hydrogens (tertiary/aromatic N) is 1. The highest BCUT2D eigenvalue weighted by Gasteiger charge is 1.86. The van der Waals surface area contributed by atoms with Gasteiger partial charge in [-0.2, -0.15) is 5.26 Å². The lowest BCUT2D eigenvalue weighted by molar-refractivity contribution is 1.09. The number of thiol groups is 1. The molecule has 1 nitrogen and oxygen atoms in total. The molecule has 1 aromatic rings. The van der Waals surface area contributed by atoms with E-state index in [0.717, 1.165) is 4.90 Å². The molecular weight excluding hydrogens is 166 g/mol. The fraction of sp³-hybridized carbons (Fsp3) is 0.300. The predicted molar refractivity (Wildman–Crippen MR) is 54.4 cm³/mol. The van der Waals surface area contributed by atoms with E-state index < -0.39 is 0 Å². The summed E-state index contributed by atoms with van der Waals surface area (Å²) in [5.41, 5.74) is 0.655. The van der Waals surface area contributed by atoms with Crippen LogP contribution in [0.2, 0.25) is 0 Å². The second-order valence-corrected chi connectivity index (χ2v) is 2.89. The van der Waals surface area contributed by atoms with E-state index in [1.54, 1.807) is 18.2 Å². The van der Waals surface area contributed by atoms with Gasteiger partial charge in [-0.3, -0.25) is 0 Å². The van der Waals surface area contributed by atoms with E-state index in [-0.39, 0.29) is 0 Å². The molecule has 1 rings (SSSR count). The van der Waals surface area contributed by atoms with Crippen LogP contribution in [-0.2, 0) is 0 Å². The molecule has 0 aliphatic heterocycles. The molecule has 0 aromatic heterocycles. The number of hydrogen-bond acceptors (Lipinski definition) is 2. The molecule has 2 heteroatoms. The fourth-order valence-corrected chi connectivity index (χ4v) is 0.801. The van der Waals surface area contributed by atoms with E-state index in [1.165, 1.54) is 6.42 Å². The Hall–Kier alpha value is -0.940. The van der Waals surface area contributed by atoms with Crippen LogP contribution in [-0.4, -0.2) is 0 Å². The van der Waals surface area contributed by atoms with E-state index >= 15 is 0 Å². The van der Waals surface area contributed by atoms with Crippen LogP contribution in [0.15, 0.2) is 29.2 Å². The Kier molecular flexibility index (Phi) is 6.22. The van der Waals surface area contributed by atoms with Crippen molar-refractivity contribution in [3.63, 3.8) is 0 Å². The van der Waals surface area contributed by atoms with Crippen LogP contribution >= 0.6 is 12.6 Å². The zero-order chi connectivity index (χ0) is 9.40. The molecule has 0 heterocycles. The van der Waals surface area contributed by atoms with Gasteiger partial charge in [-0.05, 0) is 18.2 Å². The third-order valence-electron chi connectivity index (χ3n) is 0.975. The summed E-state index contributed by atoms with van der Waals surface area (Å²) in [7, 11) is 0. The van der Waals surface area contributed by atoms with Crippen LogP contribution in [0.3, 0.4) is 0 Å². The minimum absolute atomic E-state index is 0.655. The van der Waals surface area contributed by atoms with Crippen molar-refractivity contribution in [1.82, 2.24) is 0 Å². The summed E-state index contributed by atoms with van der Waals surface area (Å²) in [5.74, 6) is 0. The standard InChI is InChI=1S/C7H5NS.C3H8/c8-5-6-2-1-3-7(9)4-6;1-3-2/h1-4,9H;3H2,1-2H3. The highest BCUT2D eigenvalue weighted by Crippen LogP contribution is 2.06. The van der Waals surface area contributed by atoms with E-state index in [9.17, 15) is 0 Å². The van der Waals surface area contributed by atoms with Crippen molar-refractivity contribution in [3.05, 3.63) is 29.8 Å². The van der Waals surface area contributed by atoms with Crippen LogP contribution in [0, 0.1) is 11.3 Å². The SMILES string of the molecule is CCC.N#Cc1cccc(S)c1. The molecule has 0 aliphatic rings. The Balaban J connectivity index is 0.000000354. The lowest BCUT2D eigenvalue weighted by atomic mass is 10.2. The molecule has 12 heavy (non-hydrogen) atoms. The zero-order valence-electron chi connectivity index (χ0n) is 7.41. The summed E-state index contributed by atoms with van der Waals surface area (Å²) >= 11 is 4.06. The Morgan fingerprint density at radius 3 is 2.33 bits per heavy atom. The van der Waals surface area contributed by atoms with Crippen LogP contribution in [0.4, 0.5) is 0 Å². The maximum atomic E-state index is 8.38. The van der Waals surface area contributed by atoms with Crippen LogP contribution < -0.4 is 0 Å². The maximum absolute atomic E-state index is 8.38. The monoisotopic (exact) mass is 179 g/mol. The van der Waals surface area contributed by atoms with Gasteiger partial charge >= 0.3 is 0 Å². The topological polar surface area (TPSA) is 23.8 Å². The predicted octanol–water partition coefficient (Wildman–Crippen LogP) is 3.26. The summed E-state index contributed by atoms with van der Waals surface area (Å²) < 4.78 is 0. The van der Waals surface area contributed by atoms with E-state index in [4.69, 9.17) is 5.26 Å². The molecule has 0 spiro atoms. The van der Waals surface area contributed by atoms with E-state index in [0.29, 0.717) is 5.56 Å². The first-order valence-corrected chi connectivity index (χ1v) is 4.38. The number of nitriles is 1. The van der Waals surface area contributed by atoms with E-state index in [1.807, 2.05) is 12.1 Å². The minimum Gasteiger partial charge on any atom is -0.192 e. The number of hydrogen-bond donors (Lipinski definition) is 1. The first-order chi connectivity index (χ1) is 5.74. The molecule has 0 atom stereocenters. The fourth-order valence-electron chi connectivity index (χ4n) is 0.575. The van der Waals surface area contributed by atoms with Gasteiger partial charge in [0.25, 0.3) is 0 Å². The Bertz CT molecular complexity index is 263. The third kappa shape index (κ3) is 4.81. The van der Waals surface area contributed by atoms with Gasteiger partial charge < -0.3 is 0 Å². The third-order valence-corrected chi connectivity index (χ3v) is 1.25. The molecular formula is C10H13NS. The van der Waals surface area contributed by atoms with Gasteiger partial charge in [0.05, 0.1) is 11.6 Å². The maximum Gasteiger partial charge on any atom is 0.0992 e. The zero-order valence-corrected chi connectivity index (χ0v) is 8.31. The second kappa shape index (κ2) is 6.75. The van der Waals surface area contributed by atoms with Crippen LogP contribution in [0.5, 0.6) is 0 Å². The lowest BCUT2D eigenvalue weighted by Gasteiger charge is -1.87. The Morgan fingerprint density at radius 1 is 1.42 bits per heavy atom. The van der Waals surface area contributed by atoms with Crippen molar-refractivity contribution in [1.29, 1.82) is 5.26 Å². The van der Waals surface area contributed by atoms with Crippen molar-refractivity contribution in [2.45, 2.75) is 25.2 Å². The Labute approximate surface area is 79.4 Å². The van der Waals surface area contributed by atoms with Crippen LogP contribution in [0.25, 0.3) is 0 Å². The highest BCUT2D eigenvalue weighted by molar-refractivity contribution is 7.80. The summed E-state index contributed by atoms with van der Waals surface area (Å²) in [6.07, 6.45) is 1.25. The summed E-state index contributed by atoms with van der Waals surface area (Å²) in [4.78, 5) is 0.828. The van der Waals surface area contributed by atoms with Crippen molar-refractivity contribution in [2.75, 3.05) is 0 Å².